The summed E-state index contributed by atoms with van der Waals surface area (Å²) < 4.78 is 11.4. The Morgan fingerprint density at radius 1 is 1.17 bits per heavy atom. The fraction of sp³-hybridized carbons (Fsp3) is 0.286. The lowest BCUT2D eigenvalue weighted by molar-refractivity contribution is -0.105. The third-order valence-electron chi connectivity index (χ3n) is 4.10. The summed E-state index contributed by atoms with van der Waals surface area (Å²) in [6, 6.07) is 15.4. The number of hydrogen-bond acceptors (Lipinski definition) is 3. The Morgan fingerprint density at radius 3 is 2.71 bits per heavy atom. The van der Waals surface area contributed by atoms with Crippen LogP contribution in [0.4, 0.5) is 0 Å². The minimum Gasteiger partial charge on any atom is -0.465 e. The van der Waals surface area contributed by atoms with E-state index in [0.29, 0.717) is 5.56 Å². The second kappa shape index (κ2) is 7.93. The number of benzene rings is 2. The summed E-state index contributed by atoms with van der Waals surface area (Å²) >= 11 is 0. The van der Waals surface area contributed by atoms with Crippen LogP contribution < -0.4 is 4.74 Å². The molecule has 1 atom stereocenters. The van der Waals surface area contributed by atoms with Crippen molar-refractivity contribution in [2.24, 2.45) is 0 Å². The lowest BCUT2D eigenvalue weighted by Gasteiger charge is -2.23. The molecule has 1 aliphatic rings. The fourth-order valence-corrected chi connectivity index (χ4v) is 2.77. The van der Waals surface area contributed by atoms with E-state index in [1.54, 1.807) is 6.08 Å². The van der Waals surface area contributed by atoms with E-state index in [1.165, 1.54) is 0 Å². The molecule has 3 heteroatoms. The minimum absolute atomic E-state index is 0.00294. The van der Waals surface area contributed by atoms with Crippen LogP contribution in [0.3, 0.4) is 0 Å². The molecule has 3 rings (SSSR count). The average molecular weight is 322 g/mol. The van der Waals surface area contributed by atoms with E-state index in [4.69, 9.17) is 9.47 Å². The molecule has 124 valence electrons. The summed E-state index contributed by atoms with van der Waals surface area (Å²) in [7, 11) is 0. The van der Waals surface area contributed by atoms with Crippen LogP contribution in [0.1, 0.15) is 40.7 Å². The Morgan fingerprint density at radius 2 is 2.00 bits per heavy atom. The standard InChI is InChI=1S/C21H22O3/c1-16-15-18(24-21-9-5-6-14-23-21)11-12-19(16)20(22)13-10-17-7-3-2-4-8-17/h2-4,7-8,10-13,15,21H,5-6,9,14H2,1H3. The molecule has 0 amide bonds. The van der Waals surface area contributed by atoms with Crippen LogP contribution in [-0.4, -0.2) is 18.7 Å². The third-order valence-corrected chi connectivity index (χ3v) is 4.10. The van der Waals surface area contributed by atoms with E-state index in [2.05, 4.69) is 0 Å². The van der Waals surface area contributed by atoms with Gasteiger partial charge in [0.2, 0.25) is 0 Å². The molecule has 1 fully saturated rings. The van der Waals surface area contributed by atoms with Crippen LogP contribution in [0.2, 0.25) is 0 Å². The first-order valence-corrected chi connectivity index (χ1v) is 8.39. The van der Waals surface area contributed by atoms with Crippen molar-refractivity contribution in [1.82, 2.24) is 0 Å². The summed E-state index contributed by atoms with van der Waals surface area (Å²) in [5.74, 6) is 0.750. The molecular formula is C21H22O3. The first kappa shape index (κ1) is 16.5. The number of ether oxygens (including phenoxy) is 2. The Bertz CT molecular complexity index is 713. The molecule has 0 saturated carbocycles. The highest BCUT2D eigenvalue weighted by Gasteiger charge is 2.16. The van der Waals surface area contributed by atoms with Crippen LogP contribution in [0.25, 0.3) is 6.08 Å². The molecule has 0 bridgehead atoms. The monoisotopic (exact) mass is 322 g/mol. The minimum atomic E-state index is -0.169. The van der Waals surface area contributed by atoms with Gasteiger partial charge < -0.3 is 9.47 Å². The Kier molecular flexibility index (Phi) is 5.44. The highest BCUT2D eigenvalue weighted by Crippen LogP contribution is 2.22. The maximum atomic E-state index is 12.4. The van der Waals surface area contributed by atoms with Gasteiger partial charge >= 0.3 is 0 Å². The molecule has 1 saturated heterocycles. The quantitative estimate of drug-likeness (QED) is 0.586. The molecule has 2 aromatic carbocycles. The number of ketones is 1. The molecule has 0 radical (unpaired) electrons. The lowest BCUT2D eigenvalue weighted by Crippen LogP contribution is -2.25. The molecule has 1 heterocycles. The van der Waals surface area contributed by atoms with Gasteiger partial charge in [0.15, 0.2) is 12.1 Å². The van der Waals surface area contributed by atoms with Gasteiger partial charge in [-0.25, -0.2) is 0 Å². The highest BCUT2D eigenvalue weighted by atomic mass is 16.7. The lowest BCUT2D eigenvalue weighted by atomic mass is 10.0. The third kappa shape index (κ3) is 4.33. The number of carbonyl (C=O) groups is 1. The summed E-state index contributed by atoms with van der Waals surface area (Å²) in [6.45, 7) is 2.68. The zero-order valence-corrected chi connectivity index (χ0v) is 13.9. The summed E-state index contributed by atoms with van der Waals surface area (Å²) in [6.07, 6.45) is 6.42. The first-order valence-electron chi connectivity index (χ1n) is 8.39. The van der Waals surface area contributed by atoms with Crippen LogP contribution in [0.15, 0.2) is 54.6 Å². The van der Waals surface area contributed by atoms with E-state index >= 15 is 0 Å². The van der Waals surface area contributed by atoms with Gasteiger partial charge in [-0.15, -0.1) is 0 Å². The van der Waals surface area contributed by atoms with E-state index in [-0.39, 0.29) is 12.1 Å². The zero-order valence-electron chi connectivity index (χ0n) is 13.9. The van der Waals surface area contributed by atoms with Gasteiger partial charge in [-0.3, -0.25) is 4.79 Å². The summed E-state index contributed by atoms with van der Waals surface area (Å²) in [4.78, 5) is 12.4. The molecule has 3 nitrogen and oxygen atoms in total. The maximum absolute atomic E-state index is 12.4. The number of aryl methyl sites for hydroxylation is 1. The van der Waals surface area contributed by atoms with Gasteiger partial charge in [0, 0.05) is 12.0 Å². The van der Waals surface area contributed by atoms with Crippen LogP contribution >= 0.6 is 0 Å². The van der Waals surface area contributed by atoms with E-state index < -0.39 is 0 Å². The van der Waals surface area contributed by atoms with Gasteiger partial charge in [-0.2, -0.15) is 0 Å². The van der Waals surface area contributed by atoms with Crippen molar-refractivity contribution in [2.45, 2.75) is 32.5 Å². The first-order chi connectivity index (χ1) is 11.7. The van der Waals surface area contributed by atoms with E-state index in [9.17, 15) is 4.79 Å². The second-order valence-electron chi connectivity index (χ2n) is 6.00. The topological polar surface area (TPSA) is 35.5 Å². The highest BCUT2D eigenvalue weighted by molar-refractivity contribution is 6.07. The van der Waals surface area contributed by atoms with Crippen LogP contribution in [0.5, 0.6) is 5.75 Å². The van der Waals surface area contributed by atoms with Crippen molar-refractivity contribution >= 4 is 11.9 Å². The molecule has 24 heavy (non-hydrogen) atoms. The fourth-order valence-electron chi connectivity index (χ4n) is 2.77. The largest absolute Gasteiger partial charge is 0.465 e. The average Bonchev–Trinajstić information content (AvgIpc) is 2.61. The molecule has 1 aliphatic heterocycles. The van der Waals surface area contributed by atoms with Crippen molar-refractivity contribution in [3.8, 4) is 5.75 Å². The smallest absolute Gasteiger partial charge is 0.199 e. The van der Waals surface area contributed by atoms with Gasteiger partial charge in [-0.05, 0) is 55.2 Å². The van der Waals surface area contributed by atoms with Gasteiger partial charge in [0.1, 0.15) is 5.75 Å². The van der Waals surface area contributed by atoms with E-state index in [1.807, 2.05) is 61.5 Å². The van der Waals surface area contributed by atoms with Crippen LogP contribution in [0, 0.1) is 6.92 Å². The Balaban J connectivity index is 1.67. The van der Waals surface area contributed by atoms with Crippen molar-refractivity contribution in [1.29, 1.82) is 0 Å². The number of carbonyl (C=O) groups excluding carboxylic acids is 1. The van der Waals surface area contributed by atoms with Gasteiger partial charge in [0.25, 0.3) is 0 Å². The summed E-state index contributed by atoms with van der Waals surface area (Å²) in [5, 5.41) is 0. The molecular weight excluding hydrogens is 300 g/mol. The Hall–Kier alpha value is -2.39. The SMILES string of the molecule is Cc1cc(OC2CCCCO2)ccc1C(=O)C=Cc1ccccc1. The van der Waals surface area contributed by atoms with Crippen molar-refractivity contribution in [3.63, 3.8) is 0 Å². The van der Waals surface area contributed by atoms with Gasteiger partial charge in [-0.1, -0.05) is 36.4 Å². The molecule has 0 spiro atoms. The van der Waals surface area contributed by atoms with E-state index in [0.717, 1.165) is 42.7 Å². The molecule has 2 aromatic rings. The number of allylic oxidation sites excluding steroid dienone is 1. The molecule has 0 aliphatic carbocycles. The molecule has 0 N–H and O–H groups in total. The van der Waals surface area contributed by atoms with Gasteiger partial charge in [0.05, 0.1) is 6.61 Å². The molecule has 0 aromatic heterocycles. The Labute approximate surface area is 142 Å². The zero-order chi connectivity index (χ0) is 16.8. The molecule has 1 unspecified atom stereocenters. The predicted molar refractivity (Wildman–Crippen MR) is 95.2 cm³/mol. The van der Waals surface area contributed by atoms with Crippen LogP contribution in [-0.2, 0) is 4.74 Å². The van der Waals surface area contributed by atoms with Crippen molar-refractivity contribution in [2.75, 3.05) is 6.61 Å². The maximum Gasteiger partial charge on any atom is 0.199 e. The predicted octanol–water partition coefficient (Wildman–Crippen LogP) is 4.80. The normalized spacial score (nSPS) is 17.8. The van der Waals surface area contributed by atoms with Crippen molar-refractivity contribution in [3.05, 3.63) is 71.3 Å². The second-order valence-corrected chi connectivity index (χ2v) is 6.00. The number of hydrogen-bond donors (Lipinski definition) is 0. The van der Waals surface area contributed by atoms with Crippen molar-refractivity contribution < 1.29 is 14.3 Å². The summed E-state index contributed by atoms with van der Waals surface area (Å²) in [5.41, 5.74) is 2.61. The number of rotatable bonds is 5.